The number of aryl methyl sites for hydroxylation is 1. The monoisotopic (exact) mass is 605 g/mol. The fourth-order valence-electron chi connectivity index (χ4n) is 3.64. The quantitative estimate of drug-likeness (QED) is 0.195. The molecule has 6 rings (SSSR count). The molecule has 0 bridgehead atoms. The van der Waals surface area contributed by atoms with E-state index in [0.29, 0.717) is 0 Å². The maximum atomic E-state index is 5.97. The molecule has 0 atom stereocenters. The molecule has 6 aromatic rings. The Hall–Kier alpha value is -3.59. The summed E-state index contributed by atoms with van der Waals surface area (Å²) < 4.78 is 5.97. The van der Waals surface area contributed by atoms with E-state index in [9.17, 15) is 0 Å². The first-order valence-electron chi connectivity index (χ1n) is 10.4. The van der Waals surface area contributed by atoms with E-state index in [1.807, 2.05) is 97.9 Å². The van der Waals surface area contributed by atoms with Crippen LogP contribution in [0, 0.1) is 19.1 Å². The summed E-state index contributed by atoms with van der Waals surface area (Å²) in [6.07, 6.45) is 1.78. The predicted molar refractivity (Wildman–Crippen MR) is 129 cm³/mol. The van der Waals surface area contributed by atoms with Crippen LogP contribution in [0.3, 0.4) is 0 Å². The van der Waals surface area contributed by atoms with Gasteiger partial charge in [0, 0.05) is 37.4 Å². The zero-order valence-electron chi connectivity index (χ0n) is 18.0. The largest absolute Gasteiger partial charge is 0.501 e. The Bertz CT molecular complexity index is 1480. The number of hydrogen-bond acceptors (Lipinski definition) is 3. The Morgan fingerprint density at radius 1 is 0.697 bits per heavy atom. The molecule has 0 saturated carbocycles. The van der Waals surface area contributed by atoms with E-state index in [1.54, 1.807) is 6.20 Å². The topological polar surface area (TPSA) is 38.9 Å². The van der Waals surface area contributed by atoms with Gasteiger partial charge in [-0.3, -0.25) is 0 Å². The van der Waals surface area contributed by atoms with Crippen LogP contribution in [0.5, 0.6) is 0 Å². The van der Waals surface area contributed by atoms with Gasteiger partial charge in [-0.15, -0.1) is 54.1 Å². The summed E-state index contributed by atoms with van der Waals surface area (Å²) in [5.74, 6) is 0. The maximum absolute atomic E-state index is 5.97. The molecule has 4 heteroatoms. The second-order valence-corrected chi connectivity index (χ2v) is 7.35. The summed E-state index contributed by atoms with van der Waals surface area (Å²) in [6.45, 7) is 1.99. The molecule has 0 aliphatic carbocycles. The molecule has 0 N–H and O–H groups in total. The second-order valence-electron chi connectivity index (χ2n) is 7.35. The Balaban J connectivity index is 0.000000164. The second kappa shape index (κ2) is 10.4. The van der Waals surface area contributed by atoms with E-state index < -0.39 is 0 Å². The van der Waals surface area contributed by atoms with Gasteiger partial charge in [0.25, 0.3) is 0 Å². The van der Waals surface area contributed by atoms with E-state index in [-0.39, 0.29) is 20.1 Å². The minimum atomic E-state index is 0. The van der Waals surface area contributed by atoms with Crippen LogP contribution < -0.4 is 0 Å². The van der Waals surface area contributed by atoms with Gasteiger partial charge >= 0.3 is 0 Å². The zero-order valence-corrected chi connectivity index (χ0v) is 20.3. The van der Waals surface area contributed by atoms with E-state index in [4.69, 9.17) is 4.42 Å². The summed E-state index contributed by atoms with van der Waals surface area (Å²) in [5.41, 5.74) is 6.61. The molecular weight excluding hydrogens is 585 g/mol. The third-order valence-corrected chi connectivity index (χ3v) is 5.13. The van der Waals surface area contributed by atoms with Gasteiger partial charge in [-0.1, -0.05) is 53.4 Å². The van der Waals surface area contributed by atoms with Crippen molar-refractivity contribution in [3.63, 3.8) is 0 Å². The number of para-hydroxylation sites is 1. The van der Waals surface area contributed by atoms with Gasteiger partial charge < -0.3 is 14.4 Å². The Labute approximate surface area is 206 Å². The van der Waals surface area contributed by atoms with Crippen molar-refractivity contribution in [3.05, 3.63) is 121 Å². The zero-order chi connectivity index (χ0) is 21.8. The number of rotatable bonds is 2. The fourth-order valence-corrected chi connectivity index (χ4v) is 3.64. The first kappa shape index (κ1) is 22.6. The van der Waals surface area contributed by atoms with Gasteiger partial charge in [-0.25, -0.2) is 0 Å². The molecule has 3 aromatic carbocycles. The predicted octanol–water partition coefficient (Wildman–Crippen LogP) is 7.30. The molecule has 163 valence electrons. The van der Waals surface area contributed by atoms with Crippen LogP contribution in [0.4, 0.5) is 0 Å². The molecule has 0 amide bonds. The van der Waals surface area contributed by atoms with E-state index in [0.717, 1.165) is 50.1 Å². The van der Waals surface area contributed by atoms with Crippen LogP contribution in [0.15, 0.2) is 108 Å². The number of benzene rings is 3. The maximum Gasteiger partial charge on any atom is 0.120 e. The minimum absolute atomic E-state index is 0. The van der Waals surface area contributed by atoms with E-state index >= 15 is 0 Å². The van der Waals surface area contributed by atoms with Crippen LogP contribution in [-0.4, -0.2) is 9.97 Å². The summed E-state index contributed by atoms with van der Waals surface area (Å²) in [5, 5.41) is 2.23. The third-order valence-electron chi connectivity index (χ3n) is 5.13. The van der Waals surface area contributed by atoms with Gasteiger partial charge in [0.1, 0.15) is 5.58 Å². The molecule has 3 aromatic heterocycles. The molecule has 0 aliphatic heterocycles. The van der Waals surface area contributed by atoms with Crippen molar-refractivity contribution in [2.75, 3.05) is 0 Å². The molecule has 33 heavy (non-hydrogen) atoms. The average Bonchev–Trinajstić information content (AvgIpc) is 3.24. The Morgan fingerprint density at radius 2 is 1.52 bits per heavy atom. The first-order chi connectivity index (χ1) is 15.8. The van der Waals surface area contributed by atoms with Gasteiger partial charge in [-0.05, 0) is 36.5 Å². The van der Waals surface area contributed by atoms with Crippen molar-refractivity contribution >= 4 is 21.9 Å². The number of fused-ring (bicyclic) bond motifs is 3. The van der Waals surface area contributed by atoms with Crippen molar-refractivity contribution in [3.8, 4) is 22.5 Å². The van der Waals surface area contributed by atoms with Crippen molar-refractivity contribution in [2.45, 2.75) is 6.92 Å². The average molecular weight is 605 g/mol. The van der Waals surface area contributed by atoms with E-state index in [2.05, 4.69) is 28.2 Å². The third kappa shape index (κ3) is 4.93. The van der Waals surface area contributed by atoms with Crippen LogP contribution in [0.2, 0.25) is 0 Å². The number of pyridine rings is 2. The van der Waals surface area contributed by atoms with Crippen LogP contribution in [-0.2, 0) is 20.1 Å². The van der Waals surface area contributed by atoms with Gasteiger partial charge in [-0.2, -0.15) is 0 Å². The number of furan rings is 1. The normalized spacial score (nSPS) is 10.3. The van der Waals surface area contributed by atoms with Gasteiger partial charge in [0.05, 0.1) is 5.58 Å². The summed E-state index contributed by atoms with van der Waals surface area (Å²) in [7, 11) is 0. The van der Waals surface area contributed by atoms with Crippen molar-refractivity contribution in [2.24, 2.45) is 0 Å². The summed E-state index contributed by atoms with van der Waals surface area (Å²) in [4.78, 5) is 8.79. The summed E-state index contributed by atoms with van der Waals surface area (Å²) in [6, 6.07) is 38.1. The van der Waals surface area contributed by atoms with Gasteiger partial charge in [0.2, 0.25) is 0 Å². The SMILES string of the molecule is Cc1cccc(-c2[c-]cccc2)n1.[Ir].[c-]1ccc2c(oc3ccccc32)c1-c1ccccn1. The molecule has 1 radical (unpaired) electrons. The molecule has 0 saturated heterocycles. The Kier molecular flexibility index (Phi) is 7.09. The number of aromatic nitrogens is 2. The molecule has 3 heterocycles. The number of hydrogen-bond donors (Lipinski definition) is 0. The minimum Gasteiger partial charge on any atom is -0.501 e. The molecular formula is C29H20IrN2O-2. The summed E-state index contributed by atoms with van der Waals surface area (Å²) >= 11 is 0. The van der Waals surface area contributed by atoms with Crippen molar-refractivity contribution < 1.29 is 24.5 Å². The molecule has 0 spiro atoms. The van der Waals surface area contributed by atoms with Crippen LogP contribution >= 0.6 is 0 Å². The number of nitrogens with zero attached hydrogens (tertiary/aromatic N) is 2. The van der Waals surface area contributed by atoms with E-state index in [1.165, 1.54) is 0 Å². The van der Waals surface area contributed by atoms with Gasteiger partial charge in [0.15, 0.2) is 0 Å². The molecule has 0 unspecified atom stereocenters. The molecule has 0 aliphatic rings. The first-order valence-corrected chi connectivity index (χ1v) is 10.4. The van der Waals surface area contributed by atoms with Crippen molar-refractivity contribution in [1.29, 1.82) is 0 Å². The molecule has 3 nitrogen and oxygen atoms in total. The molecule has 0 fully saturated rings. The smallest absolute Gasteiger partial charge is 0.120 e. The van der Waals surface area contributed by atoms with Crippen molar-refractivity contribution in [1.82, 2.24) is 9.97 Å². The van der Waals surface area contributed by atoms with Crippen LogP contribution in [0.25, 0.3) is 44.5 Å². The van der Waals surface area contributed by atoms with Crippen LogP contribution in [0.1, 0.15) is 5.69 Å². The fraction of sp³-hybridized carbons (Fsp3) is 0.0345. The Morgan fingerprint density at radius 3 is 2.30 bits per heavy atom. The standard InChI is InChI=1S/C17H10NO.C12H10N.Ir/c1-2-10-16-12(6-1)13-7-5-8-14(17(13)19-16)15-9-3-4-11-18-15;1-10-6-5-9-12(13-10)11-7-3-2-4-8-11;/h1-7,9-11H;2-7,9H,1H3;/q2*-1;.